The number of guanidine groups is 1. The Balaban J connectivity index is 0.00000338. The first-order valence-electron chi connectivity index (χ1n) is 8.83. The van der Waals surface area contributed by atoms with Crippen LogP contribution in [0.4, 0.5) is 5.69 Å². The van der Waals surface area contributed by atoms with Gasteiger partial charge in [0.2, 0.25) is 0 Å². The van der Waals surface area contributed by atoms with Gasteiger partial charge in [-0.2, -0.15) is 0 Å². The molecule has 0 bridgehead atoms. The Morgan fingerprint density at radius 3 is 2.69 bits per heavy atom. The Morgan fingerprint density at radius 1 is 1.38 bits per heavy atom. The molecule has 1 unspecified atom stereocenters. The van der Waals surface area contributed by atoms with Crippen molar-refractivity contribution >= 4 is 35.6 Å². The molecule has 1 atom stereocenters. The van der Waals surface area contributed by atoms with Crippen molar-refractivity contribution in [2.45, 2.75) is 25.7 Å². The van der Waals surface area contributed by atoms with Crippen LogP contribution in [0, 0.1) is 16.0 Å². The lowest BCUT2D eigenvalue weighted by atomic mass is 10.1. The largest absolute Gasteiger partial charge is 0.381 e. The van der Waals surface area contributed by atoms with Gasteiger partial charge in [-0.15, -0.1) is 24.0 Å². The monoisotopic (exact) mass is 476 g/mol. The fourth-order valence-corrected chi connectivity index (χ4v) is 3.02. The Labute approximate surface area is 172 Å². The molecule has 1 heterocycles. The van der Waals surface area contributed by atoms with E-state index >= 15 is 0 Å². The molecule has 26 heavy (non-hydrogen) atoms. The SMILES string of the molecule is CN=C(NCCCCc1ccc([N+](=O)[O-])cc1)N(C)CC1CCOC1.I. The Bertz CT molecular complexity index is 574. The van der Waals surface area contributed by atoms with E-state index in [1.807, 2.05) is 12.1 Å². The van der Waals surface area contributed by atoms with Gasteiger partial charge in [0.15, 0.2) is 5.96 Å². The molecule has 0 radical (unpaired) electrons. The number of hydrogen-bond donors (Lipinski definition) is 1. The second-order valence-corrected chi connectivity index (χ2v) is 6.46. The summed E-state index contributed by atoms with van der Waals surface area (Å²) in [5, 5.41) is 14.0. The van der Waals surface area contributed by atoms with Crippen LogP contribution < -0.4 is 5.32 Å². The minimum Gasteiger partial charge on any atom is -0.381 e. The zero-order valence-corrected chi connectivity index (χ0v) is 17.8. The van der Waals surface area contributed by atoms with Gasteiger partial charge >= 0.3 is 0 Å². The summed E-state index contributed by atoms with van der Waals surface area (Å²) in [6.07, 6.45) is 4.10. The summed E-state index contributed by atoms with van der Waals surface area (Å²) in [7, 11) is 3.87. The second-order valence-electron chi connectivity index (χ2n) is 6.46. The van der Waals surface area contributed by atoms with Crippen LogP contribution >= 0.6 is 24.0 Å². The molecule has 7 nitrogen and oxygen atoms in total. The number of nitro benzene ring substituents is 1. The summed E-state index contributed by atoms with van der Waals surface area (Å²) < 4.78 is 5.42. The van der Waals surface area contributed by atoms with Crippen LogP contribution in [0.15, 0.2) is 29.3 Å². The molecule has 146 valence electrons. The lowest BCUT2D eigenvalue weighted by molar-refractivity contribution is -0.384. The highest BCUT2D eigenvalue weighted by atomic mass is 127. The number of aliphatic imine (C=N–C) groups is 1. The average molecular weight is 476 g/mol. The van der Waals surface area contributed by atoms with Crippen molar-refractivity contribution in [1.82, 2.24) is 10.2 Å². The van der Waals surface area contributed by atoms with E-state index in [0.717, 1.165) is 63.5 Å². The highest BCUT2D eigenvalue weighted by Gasteiger charge is 2.18. The number of unbranched alkanes of at least 4 members (excludes halogenated alkanes) is 1. The van der Waals surface area contributed by atoms with Crippen LogP contribution in [-0.4, -0.2) is 56.2 Å². The molecule has 1 aromatic carbocycles. The van der Waals surface area contributed by atoms with Gasteiger partial charge in [0, 0.05) is 51.8 Å². The van der Waals surface area contributed by atoms with Crippen LogP contribution in [0.3, 0.4) is 0 Å². The Kier molecular flexibility index (Phi) is 10.5. The molecule has 1 aliphatic rings. The zero-order chi connectivity index (χ0) is 18.1. The highest BCUT2D eigenvalue weighted by molar-refractivity contribution is 14.0. The van der Waals surface area contributed by atoms with Crippen molar-refractivity contribution in [2.24, 2.45) is 10.9 Å². The maximum Gasteiger partial charge on any atom is 0.269 e. The molecule has 0 aliphatic carbocycles. The molecular weight excluding hydrogens is 447 g/mol. The van der Waals surface area contributed by atoms with Gasteiger partial charge in [0.1, 0.15) is 0 Å². The number of halogens is 1. The molecule has 0 saturated carbocycles. The number of aryl methyl sites for hydroxylation is 1. The van der Waals surface area contributed by atoms with Crippen molar-refractivity contribution in [1.29, 1.82) is 0 Å². The first-order valence-corrected chi connectivity index (χ1v) is 8.83. The molecule has 2 rings (SSSR count). The molecule has 8 heteroatoms. The van der Waals surface area contributed by atoms with Gasteiger partial charge < -0.3 is 15.0 Å². The summed E-state index contributed by atoms with van der Waals surface area (Å²) in [6, 6.07) is 6.80. The van der Waals surface area contributed by atoms with E-state index in [0.29, 0.717) is 5.92 Å². The predicted octanol–water partition coefficient (Wildman–Crippen LogP) is 3.08. The van der Waals surface area contributed by atoms with E-state index in [9.17, 15) is 10.1 Å². The first-order chi connectivity index (χ1) is 12.1. The van der Waals surface area contributed by atoms with E-state index < -0.39 is 0 Å². The summed E-state index contributed by atoms with van der Waals surface area (Å²) >= 11 is 0. The molecule has 1 N–H and O–H groups in total. The molecule has 1 fully saturated rings. The highest BCUT2D eigenvalue weighted by Crippen LogP contribution is 2.14. The van der Waals surface area contributed by atoms with Crippen molar-refractivity contribution < 1.29 is 9.66 Å². The zero-order valence-electron chi connectivity index (χ0n) is 15.5. The standard InChI is InChI=1S/C18H28N4O3.HI/c1-19-18(21(2)13-16-10-12-25-14-16)20-11-4-3-5-15-6-8-17(9-7-15)22(23)24;/h6-9,16H,3-5,10-14H2,1-2H3,(H,19,20);1H. The van der Waals surface area contributed by atoms with Crippen LogP contribution in [0.5, 0.6) is 0 Å². The van der Waals surface area contributed by atoms with Crippen LogP contribution in [0.1, 0.15) is 24.8 Å². The van der Waals surface area contributed by atoms with Gasteiger partial charge in [0.05, 0.1) is 11.5 Å². The smallest absolute Gasteiger partial charge is 0.269 e. The molecule has 1 aliphatic heterocycles. The molecule has 0 spiro atoms. The van der Waals surface area contributed by atoms with Gasteiger partial charge in [0.25, 0.3) is 5.69 Å². The van der Waals surface area contributed by atoms with E-state index in [-0.39, 0.29) is 34.6 Å². The predicted molar refractivity (Wildman–Crippen MR) is 114 cm³/mol. The van der Waals surface area contributed by atoms with Crippen molar-refractivity contribution in [2.75, 3.05) is 40.4 Å². The Morgan fingerprint density at radius 2 is 2.12 bits per heavy atom. The first kappa shape index (κ1) is 22.6. The minimum absolute atomic E-state index is 0. The summed E-state index contributed by atoms with van der Waals surface area (Å²) in [5.74, 6) is 1.51. The summed E-state index contributed by atoms with van der Waals surface area (Å²) in [4.78, 5) is 16.8. The fourth-order valence-electron chi connectivity index (χ4n) is 3.02. The third kappa shape index (κ3) is 7.45. The number of ether oxygens (including phenoxy) is 1. The molecule has 1 saturated heterocycles. The fraction of sp³-hybridized carbons (Fsp3) is 0.611. The second kappa shape index (κ2) is 12.1. The molecule has 1 aromatic rings. The van der Waals surface area contributed by atoms with Gasteiger partial charge in [-0.3, -0.25) is 15.1 Å². The third-order valence-corrected chi connectivity index (χ3v) is 4.45. The Hall–Kier alpha value is -1.42. The van der Waals surface area contributed by atoms with Crippen molar-refractivity contribution in [3.05, 3.63) is 39.9 Å². The number of rotatable bonds is 8. The van der Waals surface area contributed by atoms with E-state index in [1.54, 1.807) is 19.2 Å². The number of nitrogens with zero attached hydrogens (tertiary/aromatic N) is 3. The van der Waals surface area contributed by atoms with Crippen LogP contribution in [0.25, 0.3) is 0 Å². The van der Waals surface area contributed by atoms with E-state index in [4.69, 9.17) is 4.74 Å². The number of hydrogen-bond acceptors (Lipinski definition) is 4. The third-order valence-electron chi connectivity index (χ3n) is 4.45. The van der Waals surface area contributed by atoms with Gasteiger partial charge in [-0.1, -0.05) is 12.1 Å². The quantitative estimate of drug-likeness (QED) is 0.156. The van der Waals surface area contributed by atoms with Crippen molar-refractivity contribution in [3.63, 3.8) is 0 Å². The lowest BCUT2D eigenvalue weighted by Gasteiger charge is -2.24. The number of nitrogens with one attached hydrogen (secondary N) is 1. The topological polar surface area (TPSA) is 80.0 Å². The summed E-state index contributed by atoms with van der Waals surface area (Å²) in [6.45, 7) is 3.54. The summed E-state index contributed by atoms with van der Waals surface area (Å²) in [5.41, 5.74) is 1.28. The molecular formula is C18H29IN4O3. The van der Waals surface area contributed by atoms with Gasteiger partial charge in [-0.05, 0) is 31.2 Å². The molecule has 0 aromatic heterocycles. The number of nitro groups is 1. The van der Waals surface area contributed by atoms with Crippen LogP contribution in [-0.2, 0) is 11.2 Å². The van der Waals surface area contributed by atoms with Crippen LogP contribution in [0.2, 0.25) is 0 Å². The van der Waals surface area contributed by atoms with E-state index in [2.05, 4.69) is 22.3 Å². The molecule has 0 amide bonds. The average Bonchev–Trinajstić information content (AvgIpc) is 3.11. The maximum atomic E-state index is 10.6. The number of benzene rings is 1. The van der Waals surface area contributed by atoms with Crippen molar-refractivity contribution in [3.8, 4) is 0 Å². The minimum atomic E-state index is -0.368. The lowest BCUT2D eigenvalue weighted by Crippen LogP contribution is -2.41. The maximum absolute atomic E-state index is 10.6. The van der Waals surface area contributed by atoms with E-state index in [1.165, 1.54) is 0 Å². The number of non-ortho nitro benzene ring substituents is 1. The normalized spacial score (nSPS) is 16.8. The van der Waals surface area contributed by atoms with Gasteiger partial charge in [-0.25, -0.2) is 0 Å².